The van der Waals surface area contributed by atoms with Gasteiger partial charge in [0.15, 0.2) is 11.6 Å². The number of hydrogen-bond acceptors (Lipinski definition) is 4. The molecule has 0 bridgehead atoms. The van der Waals surface area contributed by atoms with Crippen LogP contribution >= 0.6 is 23.2 Å². The maximum Gasteiger partial charge on any atom is 0.230 e. The first-order chi connectivity index (χ1) is 12.2. The average molecular weight is 390 g/mol. The number of carbonyl (C=O) groups is 3. The van der Waals surface area contributed by atoms with Crippen LogP contribution in [-0.2, 0) is 0 Å². The van der Waals surface area contributed by atoms with Gasteiger partial charge in [-0.25, -0.2) is 0 Å². The van der Waals surface area contributed by atoms with E-state index >= 15 is 0 Å². The fraction of sp³-hybridized carbons (Fsp3) is 0.105. The molecule has 0 saturated carbocycles. The van der Waals surface area contributed by atoms with E-state index in [9.17, 15) is 19.5 Å². The minimum absolute atomic E-state index is 0.0725. The maximum atomic E-state index is 13.0. The number of Topliss-reactive ketones (excluding diaryl/α,β-unsaturated/α-hetero) is 1. The van der Waals surface area contributed by atoms with Gasteiger partial charge in [0.25, 0.3) is 0 Å². The second-order valence-corrected chi connectivity index (χ2v) is 6.61. The molecule has 3 aromatic rings. The molecule has 132 valence electrons. The molecule has 2 aromatic carbocycles. The Morgan fingerprint density at radius 1 is 0.923 bits per heavy atom. The number of ketones is 2. The number of hydrogen-bond donors (Lipinski definition) is 1. The van der Waals surface area contributed by atoms with Gasteiger partial charge in [-0.2, -0.15) is 0 Å². The van der Waals surface area contributed by atoms with Crippen molar-refractivity contribution in [2.75, 3.05) is 0 Å². The average Bonchev–Trinajstić information content (AvgIpc) is 2.87. The molecule has 5 nitrogen and oxygen atoms in total. The number of aromatic nitrogens is 1. The molecule has 0 amide bonds. The van der Waals surface area contributed by atoms with Crippen LogP contribution < -0.4 is 0 Å². The molecule has 1 aromatic heterocycles. The minimum atomic E-state index is -0.535. The molecule has 0 radical (unpaired) electrons. The highest BCUT2D eigenvalue weighted by molar-refractivity contribution is 6.42. The van der Waals surface area contributed by atoms with E-state index in [1.54, 1.807) is 0 Å². The highest BCUT2D eigenvalue weighted by Gasteiger charge is 2.26. The predicted molar refractivity (Wildman–Crippen MR) is 99.8 cm³/mol. The van der Waals surface area contributed by atoms with Crippen LogP contribution in [0.5, 0.6) is 5.88 Å². The summed E-state index contributed by atoms with van der Waals surface area (Å²) in [6.45, 7) is 2.66. The van der Waals surface area contributed by atoms with Crippen molar-refractivity contribution in [1.29, 1.82) is 0 Å². The fourth-order valence-electron chi connectivity index (χ4n) is 2.82. The number of benzene rings is 2. The summed E-state index contributed by atoms with van der Waals surface area (Å²) < 4.78 is 1.03. The highest BCUT2D eigenvalue weighted by atomic mass is 35.5. The molecule has 1 heterocycles. The lowest BCUT2D eigenvalue weighted by Crippen LogP contribution is -2.06. The summed E-state index contributed by atoms with van der Waals surface area (Å²) in [6.07, 6.45) is 0. The zero-order chi connectivity index (χ0) is 19.2. The SMILES string of the molecule is CC(=O)c1ccc2c(c1)c(C(=O)c1ccc(Cl)c(Cl)c1)c(O)n2C(C)=O. The Bertz CT molecular complexity index is 1100. The van der Waals surface area contributed by atoms with Crippen molar-refractivity contribution in [3.05, 3.63) is 63.1 Å². The molecule has 1 N–H and O–H groups in total. The van der Waals surface area contributed by atoms with Crippen LogP contribution in [-0.4, -0.2) is 27.1 Å². The van der Waals surface area contributed by atoms with Crippen LogP contribution in [0, 0.1) is 0 Å². The third-order valence-electron chi connectivity index (χ3n) is 4.07. The van der Waals surface area contributed by atoms with E-state index in [1.165, 1.54) is 50.2 Å². The first-order valence-electron chi connectivity index (χ1n) is 7.61. The molecule has 0 aliphatic carbocycles. The fourth-order valence-corrected chi connectivity index (χ4v) is 3.12. The summed E-state index contributed by atoms with van der Waals surface area (Å²) in [5, 5.41) is 11.3. The molecule has 3 rings (SSSR count). The van der Waals surface area contributed by atoms with Crippen LogP contribution in [0.4, 0.5) is 0 Å². The number of aromatic hydroxyl groups is 1. The van der Waals surface area contributed by atoms with Crippen LogP contribution in [0.15, 0.2) is 36.4 Å². The van der Waals surface area contributed by atoms with Gasteiger partial charge in [-0.3, -0.25) is 19.0 Å². The topological polar surface area (TPSA) is 76.4 Å². The summed E-state index contributed by atoms with van der Waals surface area (Å²) in [6, 6.07) is 8.88. The Morgan fingerprint density at radius 3 is 2.15 bits per heavy atom. The van der Waals surface area contributed by atoms with E-state index in [-0.39, 0.29) is 27.0 Å². The van der Waals surface area contributed by atoms with Gasteiger partial charge in [-0.15, -0.1) is 0 Å². The van der Waals surface area contributed by atoms with Crippen LogP contribution in [0.25, 0.3) is 10.9 Å². The molecular formula is C19H13Cl2NO4. The largest absolute Gasteiger partial charge is 0.494 e. The Balaban J connectivity index is 2.32. The van der Waals surface area contributed by atoms with Gasteiger partial charge in [-0.1, -0.05) is 23.2 Å². The third-order valence-corrected chi connectivity index (χ3v) is 4.81. The van der Waals surface area contributed by atoms with Crippen molar-refractivity contribution in [2.45, 2.75) is 13.8 Å². The zero-order valence-electron chi connectivity index (χ0n) is 13.8. The normalized spacial score (nSPS) is 10.9. The Morgan fingerprint density at radius 2 is 1.58 bits per heavy atom. The Hall–Kier alpha value is -2.63. The van der Waals surface area contributed by atoms with E-state index in [4.69, 9.17) is 23.2 Å². The molecule has 0 unspecified atom stereocenters. The number of rotatable bonds is 3. The molecular weight excluding hydrogens is 377 g/mol. The molecule has 0 aliphatic heterocycles. The van der Waals surface area contributed by atoms with Gasteiger partial charge in [0.05, 0.1) is 21.1 Å². The third kappa shape index (κ3) is 2.89. The first-order valence-corrected chi connectivity index (χ1v) is 8.37. The van der Waals surface area contributed by atoms with Crippen molar-refractivity contribution in [3.8, 4) is 5.88 Å². The molecule has 0 saturated heterocycles. The first kappa shape index (κ1) is 18.2. The summed E-state index contributed by atoms with van der Waals surface area (Å²) in [5.41, 5.74) is 0.826. The molecule has 0 aliphatic rings. The number of halogens is 2. The van der Waals surface area contributed by atoms with Crippen LogP contribution in [0.2, 0.25) is 10.0 Å². The second kappa shape index (κ2) is 6.59. The standard InChI is InChI=1S/C19H13Cl2NO4/c1-9(23)11-4-6-16-13(7-11)17(19(26)22(16)10(2)24)18(25)12-3-5-14(20)15(21)8-12/h3-8,26H,1-2H3. The van der Waals surface area contributed by atoms with Gasteiger partial charge in [-0.05, 0) is 43.3 Å². The van der Waals surface area contributed by atoms with Crippen LogP contribution in [0.1, 0.15) is 44.9 Å². The highest BCUT2D eigenvalue weighted by Crippen LogP contribution is 2.35. The number of fused-ring (bicyclic) bond motifs is 1. The van der Waals surface area contributed by atoms with E-state index in [0.29, 0.717) is 16.5 Å². The predicted octanol–water partition coefficient (Wildman–Crippen LogP) is 4.75. The summed E-state index contributed by atoms with van der Waals surface area (Å²) in [5.74, 6) is -1.68. The van der Waals surface area contributed by atoms with Gasteiger partial charge in [0, 0.05) is 23.4 Å². The lowest BCUT2D eigenvalue weighted by atomic mass is 10.0. The Kier molecular flexibility index (Phi) is 4.61. The smallest absolute Gasteiger partial charge is 0.230 e. The lowest BCUT2D eigenvalue weighted by molar-refractivity contribution is 0.0932. The number of carbonyl (C=O) groups excluding carboxylic acids is 3. The van der Waals surface area contributed by atoms with Crippen molar-refractivity contribution in [3.63, 3.8) is 0 Å². The quantitative estimate of drug-likeness (QED) is 0.655. The monoisotopic (exact) mass is 389 g/mol. The van der Waals surface area contributed by atoms with Crippen molar-refractivity contribution < 1.29 is 19.5 Å². The summed E-state index contributed by atoms with van der Waals surface area (Å²) in [7, 11) is 0. The molecule has 0 spiro atoms. The van der Waals surface area contributed by atoms with Crippen molar-refractivity contribution in [2.24, 2.45) is 0 Å². The van der Waals surface area contributed by atoms with Crippen molar-refractivity contribution in [1.82, 2.24) is 4.57 Å². The second-order valence-electron chi connectivity index (χ2n) is 5.80. The van der Waals surface area contributed by atoms with Gasteiger partial charge in [0.1, 0.15) is 0 Å². The molecule has 0 atom stereocenters. The van der Waals surface area contributed by atoms with Gasteiger partial charge >= 0.3 is 0 Å². The van der Waals surface area contributed by atoms with E-state index < -0.39 is 17.6 Å². The Labute approximate surface area is 158 Å². The summed E-state index contributed by atoms with van der Waals surface area (Å²) >= 11 is 11.9. The van der Waals surface area contributed by atoms with E-state index in [2.05, 4.69) is 0 Å². The molecule has 7 heteroatoms. The van der Waals surface area contributed by atoms with E-state index in [0.717, 1.165) is 4.57 Å². The zero-order valence-corrected chi connectivity index (χ0v) is 15.4. The van der Waals surface area contributed by atoms with E-state index in [1.807, 2.05) is 0 Å². The van der Waals surface area contributed by atoms with Crippen LogP contribution in [0.3, 0.4) is 0 Å². The van der Waals surface area contributed by atoms with Crippen molar-refractivity contribution >= 4 is 51.6 Å². The summed E-state index contributed by atoms with van der Waals surface area (Å²) in [4.78, 5) is 36.6. The maximum absolute atomic E-state index is 13.0. The lowest BCUT2D eigenvalue weighted by Gasteiger charge is -2.04. The van der Waals surface area contributed by atoms with Gasteiger partial charge in [0.2, 0.25) is 11.8 Å². The number of nitrogens with zero attached hydrogens (tertiary/aromatic N) is 1. The minimum Gasteiger partial charge on any atom is -0.494 e. The molecule has 0 fully saturated rings. The van der Waals surface area contributed by atoms with Gasteiger partial charge < -0.3 is 5.11 Å². The molecule has 26 heavy (non-hydrogen) atoms.